The molecule has 11 N–H and O–H groups in total. The molecule has 4 aromatic rings. The fourth-order valence-corrected chi connectivity index (χ4v) is 10.3. The molecule has 2 aromatic carbocycles. The second kappa shape index (κ2) is 23.6. The number of nitrogens with two attached hydrogens (primary N) is 2. The Balaban J connectivity index is 0.941. The number of primary amides is 1. The first-order valence-corrected chi connectivity index (χ1v) is 25.7. The second-order valence-corrected chi connectivity index (χ2v) is 20.0. The molecule has 4 aliphatic rings. The van der Waals surface area contributed by atoms with Gasteiger partial charge in [0.15, 0.2) is 0 Å². The number of esters is 2. The number of amides is 7. The van der Waals surface area contributed by atoms with Crippen molar-refractivity contribution in [3.05, 3.63) is 91.5 Å². The molecule has 0 radical (unpaired) electrons. The first kappa shape index (κ1) is 56.7. The fraction of sp³-hybridized carbons (Fsp3) is 0.453. The smallest absolute Gasteiger partial charge is 0.464 e. The molecule has 1 aliphatic carbocycles. The number of rotatable bonds is 20. The number of pyridine rings is 2. The number of aliphatic hydroxyl groups is 1. The lowest BCUT2D eigenvalue weighted by molar-refractivity contribution is -0.175. The SMILES string of the molecule is CC[C@@]1(OC(=O)OCc2ccc(NC(=O)[C@H](CCCNC(N)=O)NC(=O)[C@@H](NC(=O)[C@@H](N)CC(=O)N[C@H]3CCOC3=O)C(C)C)cc2)C(=O)OCc2c1cc1n(c2=O)Cc2c-1nc1cc(F)c(C)c3c1c2[C@@H](NC(=O)CO)CC3. The first-order chi connectivity index (χ1) is 37.6. The number of halogens is 1. The maximum absolute atomic E-state index is 15.4. The van der Waals surface area contributed by atoms with Gasteiger partial charge in [-0.25, -0.2) is 28.6 Å². The summed E-state index contributed by atoms with van der Waals surface area (Å²) in [4.78, 5) is 135. The Morgan fingerprint density at radius 2 is 1.67 bits per heavy atom. The number of anilines is 1. The number of benzene rings is 2. The van der Waals surface area contributed by atoms with Crippen molar-refractivity contribution >= 4 is 70.3 Å². The number of aryl methyl sites for hydroxylation is 1. The van der Waals surface area contributed by atoms with Crippen LogP contribution in [0.25, 0.3) is 22.3 Å². The van der Waals surface area contributed by atoms with Gasteiger partial charge in [0.1, 0.15) is 43.8 Å². The first-order valence-electron chi connectivity index (χ1n) is 25.7. The number of aromatic nitrogens is 2. The highest BCUT2D eigenvalue weighted by Gasteiger charge is 2.51. The quantitative estimate of drug-likeness (QED) is 0.0300. The predicted molar refractivity (Wildman–Crippen MR) is 275 cm³/mol. The highest BCUT2D eigenvalue weighted by Crippen LogP contribution is 2.46. The van der Waals surface area contributed by atoms with Crippen molar-refractivity contribution in [3.63, 3.8) is 0 Å². The van der Waals surface area contributed by atoms with Gasteiger partial charge in [0.25, 0.3) is 5.56 Å². The van der Waals surface area contributed by atoms with Crippen molar-refractivity contribution in [1.29, 1.82) is 0 Å². The number of urea groups is 1. The lowest BCUT2D eigenvalue weighted by Gasteiger charge is -2.35. The molecule has 1 saturated heterocycles. The number of aliphatic hydroxyl groups excluding tert-OH is 1. The number of nitrogens with zero attached hydrogens (tertiary/aromatic N) is 2. The van der Waals surface area contributed by atoms with Crippen LogP contribution >= 0.6 is 0 Å². The minimum atomic E-state index is -2.16. The summed E-state index contributed by atoms with van der Waals surface area (Å²) < 4.78 is 38.4. The predicted octanol–water partition coefficient (Wildman–Crippen LogP) is 1.15. The van der Waals surface area contributed by atoms with Crippen molar-refractivity contribution in [3.8, 4) is 11.4 Å². The Labute approximate surface area is 450 Å². The van der Waals surface area contributed by atoms with Crippen molar-refractivity contribution < 1.29 is 71.6 Å². The fourth-order valence-electron chi connectivity index (χ4n) is 10.3. The normalized spacial score (nSPS) is 18.8. The molecule has 0 saturated carbocycles. The van der Waals surface area contributed by atoms with Gasteiger partial charge in [-0.1, -0.05) is 32.9 Å². The zero-order valence-corrected chi connectivity index (χ0v) is 43.7. The van der Waals surface area contributed by atoms with E-state index in [0.29, 0.717) is 46.2 Å². The summed E-state index contributed by atoms with van der Waals surface area (Å²) in [6.45, 7) is 5.12. The molecule has 2 aromatic heterocycles. The van der Waals surface area contributed by atoms with Crippen LogP contribution in [-0.2, 0) is 84.3 Å². The van der Waals surface area contributed by atoms with Crippen molar-refractivity contribution in [2.75, 3.05) is 25.1 Å². The van der Waals surface area contributed by atoms with E-state index in [-0.39, 0.29) is 73.4 Å². The van der Waals surface area contributed by atoms with Crippen LogP contribution in [0.2, 0.25) is 0 Å². The molecule has 8 rings (SSSR count). The third kappa shape index (κ3) is 11.8. The molecule has 0 spiro atoms. The molecule has 6 atom stereocenters. The van der Waals surface area contributed by atoms with E-state index in [9.17, 15) is 53.1 Å². The van der Waals surface area contributed by atoms with E-state index < -0.39 is 133 Å². The molecule has 0 bridgehead atoms. The van der Waals surface area contributed by atoms with Crippen LogP contribution in [0.3, 0.4) is 0 Å². The number of carbonyl (C=O) groups is 9. The van der Waals surface area contributed by atoms with E-state index in [1.54, 1.807) is 27.7 Å². The molecule has 420 valence electrons. The molecule has 25 nitrogen and oxygen atoms in total. The van der Waals surface area contributed by atoms with Crippen molar-refractivity contribution in [2.24, 2.45) is 17.4 Å². The lowest BCUT2D eigenvalue weighted by atomic mass is 9.81. The van der Waals surface area contributed by atoms with Crippen LogP contribution in [0.15, 0.2) is 41.2 Å². The maximum Gasteiger partial charge on any atom is 0.510 e. The maximum atomic E-state index is 15.4. The van der Waals surface area contributed by atoms with Crippen LogP contribution in [0, 0.1) is 18.7 Å². The molecule has 3 aliphatic heterocycles. The standard InChI is InChI=1S/C53H61FN10O15/c1-5-53(31-17-38-44-29(20-64(38)48(71)30(31)23-77-50(53)73)42-34(59-40(67)21-65)13-12-28-25(4)32(54)18-37(61-44)41(28)42)79-52(75)78-22-26-8-10-27(11-9-26)58-46(69)35(7-6-15-57-51(56)74)62-47(70)43(24(2)3)63-45(68)33(55)19-39(66)60-36-14-16-76-49(36)72/h8-11,17-18,24,33-36,43,65H,5-7,12-16,19-23,55H2,1-4H3,(H,58,69)(H,59,67)(H,60,66)(H,62,70)(H,63,68)(H3,56,57,74)/t33-,34-,35-,36-,43-,53-/m0/s1. The van der Waals surface area contributed by atoms with Gasteiger partial charge in [0.05, 0.1) is 54.1 Å². The summed E-state index contributed by atoms with van der Waals surface area (Å²) in [6.07, 6.45) is -0.720. The molecule has 0 unspecified atom stereocenters. The van der Waals surface area contributed by atoms with Crippen LogP contribution in [-0.4, -0.2) is 112 Å². The summed E-state index contributed by atoms with van der Waals surface area (Å²) in [5, 5.41) is 25.9. The van der Waals surface area contributed by atoms with Crippen molar-refractivity contribution in [1.82, 2.24) is 36.1 Å². The number of nitrogens with one attached hydrogen (secondary N) is 6. The Hall–Kier alpha value is -8.52. The molecule has 1 fully saturated rings. The number of hydrogen-bond acceptors (Lipinski definition) is 17. The average Bonchev–Trinajstić information content (AvgIpc) is 3.64. The highest BCUT2D eigenvalue weighted by atomic mass is 19.1. The minimum absolute atomic E-state index is 0.000102. The van der Waals surface area contributed by atoms with E-state index in [0.717, 1.165) is 5.56 Å². The summed E-state index contributed by atoms with van der Waals surface area (Å²) >= 11 is 0. The number of hydrogen-bond donors (Lipinski definition) is 9. The van der Waals surface area contributed by atoms with Crippen molar-refractivity contribution in [2.45, 2.75) is 128 Å². The topological polar surface area (TPSA) is 370 Å². The summed E-state index contributed by atoms with van der Waals surface area (Å²) in [6, 6.07) is 2.73. The van der Waals surface area contributed by atoms with Gasteiger partial charge in [0, 0.05) is 41.2 Å². The number of carbonyl (C=O) groups excluding carboxylic acids is 9. The Morgan fingerprint density at radius 1 is 0.937 bits per heavy atom. The molecule has 5 heterocycles. The van der Waals surface area contributed by atoms with Gasteiger partial charge in [-0.2, -0.15) is 0 Å². The Kier molecular flexibility index (Phi) is 16.9. The van der Waals surface area contributed by atoms with Crippen LogP contribution in [0.1, 0.15) is 104 Å². The summed E-state index contributed by atoms with van der Waals surface area (Å²) in [5.41, 5.74) is 12.4. The van der Waals surface area contributed by atoms with E-state index >= 15 is 4.39 Å². The van der Waals surface area contributed by atoms with Gasteiger partial charge in [-0.15, -0.1) is 0 Å². The zero-order valence-electron chi connectivity index (χ0n) is 43.7. The third-order valence-electron chi connectivity index (χ3n) is 14.5. The summed E-state index contributed by atoms with van der Waals surface area (Å²) in [5.74, 6) is -6.14. The molecule has 79 heavy (non-hydrogen) atoms. The molecule has 26 heteroatoms. The van der Waals surface area contributed by atoms with Gasteiger partial charge in [0.2, 0.25) is 35.1 Å². The van der Waals surface area contributed by atoms with Gasteiger partial charge in [-0.3, -0.25) is 28.8 Å². The van der Waals surface area contributed by atoms with Gasteiger partial charge >= 0.3 is 24.1 Å². The Morgan fingerprint density at radius 3 is 2.34 bits per heavy atom. The number of fused-ring (bicyclic) bond motifs is 5. The minimum Gasteiger partial charge on any atom is -0.464 e. The van der Waals surface area contributed by atoms with Crippen LogP contribution in [0.5, 0.6) is 0 Å². The summed E-state index contributed by atoms with van der Waals surface area (Å²) in [7, 11) is 0. The molecular weight excluding hydrogens is 1040 g/mol. The van der Waals surface area contributed by atoms with E-state index in [1.807, 2.05) is 0 Å². The second-order valence-electron chi connectivity index (χ2n) is 20.0. The zero-order chi connectivity index (χ0) is 57.0. The molecular formula is C53H61FN10O15. The Bertz CT molecular complexity index is 3220. The highest BCUT2D eigenvalue weighted by molar-refractivity contribution is 5.99. The van der Waals surface area contributed by atoms with E-state index in [1.165, 1.54) is 41.0 Å². The van der Waals surface area contributed by atoms with E-state index in [2.05, 4.69) is 31.9 Å². The van der Waals surface area contributed by atoms with Crippen LogP contribution in [0.4, 0.5) is 19.7 Å². The van der Waals surface area contributed by atoms with Crippen LogP contribution < -0.4 is 48.9 Å². The largest absolute Gasteiger partial charge is 0.510 e. The average molecular weight is 1100 g/mol. The third-order valence-corrected chi connectivity index (χ3v) is 14.5. The number of cyclic esters (lactones) is 2. The lowest BCUT2D eigenvalue weighted by Crippen LogP contribution is -2.57. The van der Waals surface area contributed by atoms with Gasteiger partial charge in [-0.05, 0) is 85.4 Å². The van der Waals surface area contributed by atoms with E-state index in [4.69, 9.17) is 35.4 Å². The monoisotopic (exact) mass is 1100 g/mol. The molecule has 7 amide bonds. The number of ether oxygens (including phenoxy) is 4. The van der Waals surface area contributed by atoms with Gasteiger partial charge < -0.3 is 72.0 Å².